The van der Waals surface area contributed by atoms with Crippen LogP contribution in [0.4, 0.5) is 0 Å². The molecule has 0 radical (unpaired) electrons. The van der Waals surface area contributed by atoms with Gasteiger partial charge in [0.15, 0.2) is 0 Å². The first-order chi connectivity index (χ1) is 8.16. The lowest BCUT2D eigenvalue weighted by atomic mass is 10.2. The fourth-order valence-electron chi connectivity index (χ4n) is 1.67. The molecule has 0 bridgehead atoms. The molecular formula is C11H13NO4S. The molecule has 92 valence electrons. The van der Waals surface area contributed by atoms with Crippen molar-refractivity contribution in [2.45, 2.75) is 18.9 Å². The first-order valence-electron chi connectivity index (χ1n) is 5.40. The van der Waals surface area contributed by atoms with Crippen LogP contribution in [0.15, 0.2) is 12.1 Å². The van der Waals surface area contributed by atoms with Gasteiger partial charge in [0.25, 0.3) is 5.91 Å². The van der Waals surface area contributed by atoms with Crippen molar-refractivity contribution in [2.75, 3.05) is 13.2 Å². The molecule has 2 heterocycles. The molecule has 5 nitrogen and oxygen atoms in total. The standard InChI is InChI=1S/C11H13NO4S/c13-10(12-6-7-2-1-5-16-7)8-3-4-9(17-8)11(14)15/h3-4,7H,1-2,5-6H2,(H,12,13)(H,14,15)/t7-/m1/s1. The molecule has 1 aliphatic rings. The van der Waals surface area contributed by atoms with E-state index in [1.54, 1.807) is 0 Å². The Morgan fingerprint density at radius 3 is 2.82 bits per heavy atom. The van der Waals surface area contributed by atoms with Gasteiger partial charge in [0.1, 0.15) is 4.88 Å². The van der Waals surface area contributed by atoms with Crippen LogP contribution in [0, 0.1) is 0 Å². The van der Waals surface area contributed by atoms with Gasteiger partial charge in [-0.2, -0.15) is 0 Å². The molecule has 1 aromatic heterocycles. The fraction of sp³-hybridized carbons (Fsp3) is 0.455. The molecule has 1 amide bonds. The van der Waals surface area contributed by atoms with Crippen LogP contribution in [0.1, 0.15) is 32.2 Å². The Labute approximate surface area is 102 Å². The number of hydrogen-bond acceptors (Lipinski definition) is 4. The zero-order chi connectivity index (χ0) is 12.3. The van der Waals surface area contributed by atoms with E-state index in [1.165, 1.54) is 12.1 Å². The average Bonchev–Trinajstić information content (AvgIpc) is 2.96. The van der Waals surface area contributed by atoms with E-state index in [9.17, 15) is 9.59 Å². The minimum absolute atomic E-state index is 0.0952. The monoisotopic (exact) mass is 255 g/mol. The van der Waals surface area contributed by atoms with Gasteiger partial charge in [0, 0.05) is 13.2 Å². The number of rotatable bonds is 4. The van der Waals surface area contributed by atoms with Crippen LogP contribution in [-0.2, 0) is 4.74 Å². The Hall–Kier alpha value is -1.40. The molecule has 6 heteroatoms. The Morgan fingerprint density at radius 1 is 1.47 bits per heavy atom. The summed E-state index contributed by atoms with van der Waals surface area (Å²) in [5.74, 6) is -1.24. The number of hydrogen-bond donors (Lipinski definition) is 2. The molecule has 2 rings (SSSR count). The third kappa shape index (κ3) is 3.04. The number of nitrogens with one attached hydrogen (secondary N) is 1. The lowest BCUT2D eigenvalue weighted by Crippen LogP contribution is -2.31. The summed E-state index contributed by atoms with van der Waals surface area (Å²) < 4.78 is 5.38. The van der Waals surface area contributed by atoms with Crippen LogP contribution < -0.4 is 5.32 Å². The van der Waals surface area contributed by atoms with E-state index >= 15 is 0 Å². The van der Waals surface area contributed by atoms with Crippen molar-refractivity contribution in [1.29, 1.82) is 0 Å². The van der Waals surface area contributed by atoms with Crippen LogP contribution in [0.2, 0.25) is 0 Å². The number of thiophene rings is 1. The summed E-state index contributed by atoms with van der Waals surface area (Å²) in [6, 6.07) is 2.97. The van der Waals surface area contributed by atoms with E-state index in [4.69, 9.17) is 9.84 Å². The Balaban J connectivity index is 1.87. The molecule has 1 aromatic rings. The molecular weight excluding hydrogens is 242 g/mol. The van der Waals surface area contributed by atoms with Gasteiger partial charge in [0.05, 0.1) is 11.0 Å². The minimum atomic E-state index is -1.01. The minimum Gasteiger partial charge on any atom is -0.477 e. The van der Waals surface area contributed by atoms with Gasteiger partial charge in [-0.3, -0.25) is 4.79 Å². The quantitative estimate of drug-likeness (QED) is 0.851. The third-order valence-electron chi connectivity index (χ3n) is 2.55. The van der Waals surface area contributed by atoms with Crippen molar-refractivity contribution in [1.82, 2.24) is 5.32 Å². The molecule has 0 spiro atoms. The highest BCUT2D eigenvalue weighted by Crippen LogP contribution is 2.16. The molecule has 0 aromatic carbocycles. The van der Waals surface area contributed by atoms with Gasteiger partial charge in [-0.25, -0.2) is 4.79 Å². The average molecular weight is 255 g/mol. The highest BCUT2D eigenvalue weighted by molar-refractivity contribution is 7.15. The smallest absolute Gasteiger partial charge is 0.345 e. The van der Waals surface area contributed by atoms with Gasteiger partial charge in [0.2, 0.25) is 0 Å². The molecule has 1 atom stereocenters. The molecule has 0 unspecified atom stereocenters. The first-order valence-corrected chi connectivity index (χ1v) is 6.21. The van der Waals surface area contributed by atoms with Crippen molar-refractivity contribution in [3.63, 3.8) is 0 Å². The number of carbonyl (C=O) groups is 2. The van der Waals surface area contributed by atoms with Gasteiger partial charge in [-0.1, -0.05) is 0 Å². The zero-order valence-electron chi connectivity index (χ0n) is 9.14. The van der Waals surface area contributed by atoms with Crippen LogP contribution in [0.3, 0.4) is 0 Å². The second kappa shape index (κ2) is 5.29. The van der Waals surface area contributed by atoms with Crippen LogP contribution in [-0.4, -0.2) is 36.2 Å². The predicted molar refractivity (Wildman–Crippen MR) is 62.6 cm³/mol. The van der Waals surface area contributed by atoms with E-state index < -0.39 is 5.97 Å². The number of carboxylic acids is 1. The molecule has 17 heavy (non-hydrogen) atoms. The summed E-state index contributed by atoms with van der Waals surface area (Å²) in [6.45, 7) is 1.24. The second-order valence-corrected chi connectivity index (χ2v) is 4.90. The lowest BCUT2D eigenvalue weighted by molar-refractivity contribution is 0.0702. The number of carbonyl (C=O) groups excluding carboxylic acids is 1. The van der Waals surface area contributed by atoms with E-state index in [1.807, 2.05) is 0 Å². The topological polar surface area (TPSA) is 75.6 Å². The number of carboxylic acid groups (broad SMARTS) is 1. The molecule has 1 saturated heterocycles. The zero-order valence-corrected chi connectivity index (χ0v) is 9.96. The van der Waals surface area contributed by atoms with Crippen molar-refractivity contribution >= 4 is 23.2 Å². The van der Waals surface area contributed by atoms with E-state index in [2.05, 4.69) is 5.32 Å². The largest absolute Gasteiger partial charge is 0.477 e. The Bertz CT molecular complexity index is 423. The summed E-state index contributed by atoms with van der Waals surface area (Å²) >= 11 is 0.979. The lowest BCUT2D eigenvalue weighted by Gasteiger charge is -2.09. The van der Waals surface area contributed by atoms with Crippen LogP contribution in [0.25, 0.3) is 0 Å². The molecule has 0 saturated carbocycles. The number of aromatic carboxylic acids is 1. The van der Waals surface area contributed by atoms with E-state index in [0.717, 1.165) is 30.8 Å². The van der Waals surface area contributed by atoms with Crippen molar-refractivity contribution in [3.8, 4) is 0 Å². The third-order valence-corrected chi connectivity index (χ3v) is 3.63. The Kier molecular flexibility index (Phi) is 3.75. The van der Waals surface area contributed by atoms with Crippen LogP contribution in [0.5, 0.6) is 0 Å². The SMILES string of the molecule is O=C(O)c1ccc(C(=O)NC[C@H]2CCCO2)s1. The molecule has 1 fully saturated rings. The van der Waals surface area contributed by atoms with Crippen LogP contribution >= 0.6 is 11.3 Å². The molecule has 0 aliphatic carbocycles. The van der Waals surface area contributed by atoms with E-state index in [0.29, 0.717) is 11.4 Å². The summed E-state index contributed by atoms with van der Waals surface area (Å²) in [5, 5.41) is 11.5. The number of amides is 1. The number of ether oxygens (including phenoxy) is 1. The molecule has 1 aliphatic heterocycles. The summed E-state index contributed by atoms with van der Waals surface area (Å²) in [5.41, 5.74) is 0. The maximum Gasteiger partial charge on any atom is 0.345 e. The predicted octanol–water partition coefficient (Wildman–Crippen LogP) is 1.36. The second-order valence-electron chi connectivity index (χ2n) is 3.81. The van der Waals surface area contributed by atoms with Crippen molar-refractivity contribution in [2.24, 2.45) is 0 Å². The summed E-state index contributed by atoms with van der Waals surface area (Å²) in [4.78, 5) is 22.9. The van der Waals surface area contributed by atoms with E-state index in [-0.39, 0.29) is 16.9 Å². The highest BCUT2D eigenvalue weighted by Gasteiger charge is 2.18. The van der Waals surface area contributed by atoms with Gasteiger partial charge in [-0.15, -0.1) is 11.3 Å². The summed E-state index contributed by atoms with van der Waals surface area (Å²) in [7, 11) is 0. The normalized spacial score (nSPS) is 19.2. The first kappa shape index (κ1) is 12.1. The molecule has 2 N–H and O–H groups in total. The highest BCUT2D eigenvalue weighted by atomic mass is 32.1. The maximum absolute atomic E-state index is 11.7. The maximum atomic E-state index is 11.7. The van der Waals surface area contributed by atoms with Crippen molar-refractivity contribution < 1.29 is 19.4 Å². The fourth-order valence-corrected chi connectivity index (χ4v) is 2.44. The van der Waals surface area contributed by atoms with Gasteiger partial charge in [-0.05, 0) is 25.0 Å². The Morgan fingerprint density at radius 2 is 2.24 bits per heavy atom. The summed E-state index contributed by atoms with van der Waals surface area (Å²) in [6.07, 6.45) is 2.09. The van der Waals surface area contributed by atoms with Gasteiger partial charge < -0.3 is 15.2 Å². The van der Waals surface area contributed by atoms with Crippen molar-refractivity contribution in [3.05, 3.63) is 21.9 Å². The van der Waals surface area contributed by atoms with Gasteiger partial charge >= 0.3 is 5.97 Å².